The zero-order chi connectivity index (χ0) is 28.4. The first kappa shape index (κ1) is 34.3. The Morgan fingerprint density at radius 1 is 0.684 bits per heavy atom. The first-order chi connectivity index (χ1) is 18.0. The second kappa shape index (κ2) is 18.5. The van der Waals surface area contributed by atoms with Gasteiger partial charge >= 0.3 is 5.97 Å². The van der Waals surface area contributed by atoms with E-state index in [0.29, 0.717) is 12.4 Å². The van der Waals surface area contributed by atoms with Gasteiger partial charge in [-0.1, -0.05) is 145 Å². The van der Waals surface area contributed by atoms with Gasteiger partial charge in [0.05, 0.1) is 6.61 Å². The molecule has 0 aliphatic heterocycles. The van der Waals surface area contributed by atoms with Crippen LogP contribution in [0.15, 0.2) is 18.2 Å². The Bertz CT molecular complexity index is 772. The first-order valence-corrected chi connectivity index (χ1v) is 15.7. The molecule has 1 rings (SSSR count). The average Bonchev–Trinajstić information content (AvgIpc) is 2.83. The fourth-order valence-electron chi connectivity index (χ4n) is 4.93. The Labute approximate surface area is 235 Å². The highest BCUT2D eigenvalue weighted by molar-refractivity contribution is 5.87. The maximum absolute atomic E-state index is 12.2. The molecule has 0 heterocycles. The zero-order valence-electron chi connectivity index (χ0n) is 26.1. The van der Waals surface area contributed by atoms with Gasteiger partial charge in [0.25, 0.3) is 0 Å². The van der Waals surface area contributed by atoms with E-state index in [0.717, 1.165) is 29.5 Å². The Hall–Kier alpha value is -1.77. The quantitative estimate of drug-likeness (QED) is 0.110. The molecule has 0 amide bonds. The number of hydrogen-bond acceptors (Lipinski definition) is 3. The molecule has 38 heavy (non-hydrogen) atoms. The van der Waals surface area contributed by atoms with Crippen molar-refractivity contribution < 1.29 is 14.6 Å². The van der Waals surface area contributed by atoms with Crippen LogP contribution in [0.5, 0.6) is 5.75 Å². The molecular formula is C35H60O3. The van der Waals surface area contributed by atoms with E-state index in [1.54, 1.807) is 6.08 Å². The molecule has 0 saturated carbocycles. The SMILES string of the molecule is CCCCCCCCCCCCCCCCCCOC(=O)C=Cc1cc(C(C)(C)C)c(O)c(C(C)(C)C)c1. The summed E-state index contributed by atoms with van der Waals surface area (Å²) in [5.74, 6) is 0.0573. The summed E-state index contributed by atoms with van der Waals surface area (Å²) in [6, 6.07) is 3.95. The number of carbonyl (C=O) groups is 1. The molecule has 0 aliphatic rings. The van der Waals surface area contributed by atoms with Gasteiger partial charge in [0, 0.05) is 17.2 Å². The minimum absolute atomic E-state index is 0.193. The second-order valence-corrected chi connectivity index (χ2v) is 13.3. The highest BCUT2D eigenvalue weighted by atomic mass is 16.5. The lowest BCUT2D eigenvalue weighted by Gasteiger charge is -2.27. The van der Waals surface area contributed by atoms with Crippen LogP contribution in [0.25, 0.3) is 6.08 Å². The Morgan fingerprint density at radius 2 is 1.05 bits per heavy atom. The van der Waals surface area contributed by atoms with Crippen LogP contribution >= 0.6 is 0 Å². The number of benzene rings is 1. The number of ether oxygens (including phenoxy) is 1. The van der Waals surface area contributed by atoms with Crippen molar-refractivity contribution in [1.82, 2.24) is 0 Å². The highest BCUT2D eigenvalue weighted by Crippen LogP contribution is 2.40. The smallest absolute Gasteiger partial charge is 0.330 e. The number of phenolic OH excluding ortho intramolecular Hbond substituents is 1. The van der Waals surface area contributed by atoms with Gasteiger partial charge < -0.3 is 9.84 Å². The summed E-state index contributed by atoms with van der Waals surface area (Å²) in [7, 11) is 0. The Kier molecular flexibility index (Phi) is 16.7. The lowest BCUT2D eigenvalue weighted by atomic mass is 9.78. The Balaban J connectivity index is 2.19. The fourth-order valence-corrected chi connectivity index (χ4v) is 4.93. The van der Waals surface area contributed by atoms with Crippen molar-refractivity contribution in [2.75, 3.05) is 6.61 Å². The van der Waals surface area contributed by atoms with Crippen molar-refractivity contribution in [2.24, 2.45) is 0 Å². The van der Waals surface area contributed by atoms with Gasteiger partial charge in [0.15, 0.2) is 0 Å². The van der Waals surface area contributed by atoms with Crippen LogP contribution in [0.4, 0.5) is 0 Å². The van der Waals surface area contributed by atoms with Crippen molar-refractivity contribution in [3.8, 4) is 5.75 Å². The summed E-state index contributed by atoms with van der Waals surface area (Å²) >= 11 is 0. The van der Waals surface area contributed by atoms with Gasteiger partial charge in [-0.25, -0.2) is 4.79 Å². The van der Waals surface area contributed by atoms with Gasteiger partial charge in [0.2, 0.25) is 0 Å². The van der Waals surface area contributed by atoms with E-state index >= 15 is 0 Å². The van der Waals surface area contributed by atoms with Crippen molar-refractivity contribution in [3.63, 3.8) is 0 Å². The number of carbonyl (C=O) groups excluding carboxylic acids is 1. The van der Waals surface area contributed by atoms with Crippen LogP contribution in [0.3, 0.4) is 0 Å². The predicted molar refractivity (Wildman–Crippen MR) is 165 cm³/mol. The molecule has 0 unspecified atom stereocenters. The summed E-state index contributed by atoms with van der Waals surface area (Å²) < 4.78 is 5.43. The van der Waals surface area contributed by atoms with E-state index in [-0.39, 0.29) is 16.8 Å². The summed E-state index contributed by atoms with van der Waals surface area (Å²) in [6.45, 7) is 15.3. The van der Waals surface area contributed by atoms with E-state index in [4.69, 9.17) is 4.74 Å². The molecule has 218 valence electrons. The molecule has 0 bridgehead atoms. The minimum atomic E-state index is -0.298. The van der Waals surface area contributed by atoms with Gasteiger partial charge in [-0.05, 0) is 41.0 Å². The van der Waals surface area contributed by atoms with Crippen LogP contribution in [0.2, 0.25) is 0 Å². The van der Waals surface area contributed by atoms with E-state index in [1.165, 1.54) is 96.0 Å². The molecule has 1 aromatic carbocycles. The number of unbranched alkanes of at least 4 members (excludes halogenated alkanes) is 15. The maximum Gasteiger partial charge on any atom is 0.330 e. The first-order valence-electron chi connectivity index (χ1n) is 15.7. The zero-order valence-corrected chi connectivity index (χ0v) is 26.1. The van der Waals surface area contributed by atoms with Crippen molar-refractivity contribution >= 4 is 12.0 Å². The second-order valence-electron chi connectivity index (χ2n) is 13.3. The van der Waals surface area contributed by atoms with Crippen LogP contribution in [0.1, 0.15) is 168 Å². The molecule has 0 atom stereocenters. The van der Waals surface area contributed by atoms with Crippen LogP contribution in [0, 0.1) is 0 Å². The van der Waals surface area contributed by atoms with E-state index in [9.17, 15) is 9.90 Å². The normalized spacial score (nSPS) is 12.4. The third-order valence-corrected chi connectivity index (χ3v) is 7.40. The van der Waals surface area contributed by atoms with Gasteiger partial charge in [0.1, 0.15) is 5.75 Å². The molecule has 1 aromatic rings. The number of aromatic hydroxyl groups is 1. The Morgan fingerprint density at radius 3 is 1.42 bits per heavy atom. The van der Waals surface area contributed by atoms with E-state index < -0.39 is 0 Å². The fraction of sp³-hybridized carbons (Fsp3) is 0.743. The van der Waals surface area contributed by atoms with Gasteiger partial charge in [-0.3, -0.25) is 0 Å². The summed E-state index contributed by atoms with van der Waals surface area (Å²) in [6.07, 6.45) is 24.7. The number of rotatable bonds is 19. The molecule has 1 N–H and O–H groups in total. The van der Waals surface area contributed by atoms with Crippen molar-refractivity contribution in [1.29, 1.82) is 0 Å². The van der Waals surface area contributed by atoms with Gasteiger partial charge in [-0.2, -0.15) is 0 Å². The lowest BCUT2D eigenvalue weighted by molar-refractivity contribution is -0.137. The lowest BCUT2D eigenvalue weighted by Crippen LogP contribution is -2.17. The summed E-state index contributed by atoms with van der Waals surface area (Å²) in [5.41, 5.74) is 2.32. The number of phenols is 1. The molecule has 0 fully saturated rings. The maximum atomic E-state index is 12.2. The van der Waals surface area contributed by atoms with Crippen LogP contribution in [-0.2, 0) is 20.4 Å². The third kappa shape index (κ3) is 15.0. The molecule has 3 nitrogen and oxygen atoms in total. The third-order valence-electron chi connectivity index (χ3n) is 7.40. The van der Waals surface area contributed by atoms with Gasteiger partial charge in [-0.15, -0.1) is 0 Å². The predicted octanol–water partition coefficient (Wildman–Crippen LogP) is 10.8. The largest absolute Gasteiger partial charge is 0.507 e. The summed E-state index contributed by atoms with van der Waals surface area (Å²) in [5, 5.41) is 10.9. The topological polar surface area (TPSA) is 46.5 Å². The van der Waals surface area contributed by atoms with Crippen LogP contribution < -0.4 is 0 Å². The van der Waals surface area contributed by atoms with Crippen molar-refractivity contribution in [2.45, 2.75) is 162 Å². The molecule has 3 heteroatoms. The van der Waals surface area contributed by atoms with E-state index in [1.807, 2.05) is 12.1 Å². The summed E-state index contributed by atoms with van der Waals surface area (Å²) in [4.78, 5) is 12.2. The monoisotopic (exact) mass is 528 g/mol. The van der Waals surface area contributed by atoms with Crippen LogP contribution in [-0.4, -0.2) is 17.7 Å². The molecule has 0 aliphatic carbocycles. The molecule has 0 aromatic heterocycles. The standard InChI is InChI=1S/C35H60O3/c1-8-9-10-11-12-13-14-15-16-17-18-19-20-21-22-23-26-38-32(36)25-24-29-27-30(34(2,3)4)33(37)31(28-29)35(5,6)7/h24-25,27-28,37H,8-23,26H2,1-7H3. The van der Waals surface area contributed by atoms with Crippen molar-refractivity contribution in [3.05, 3.63) is 34.9 Å². The highest BCUT2D eigenvalue weighted by Gasteiger charge is 2.26. The minimum Gasteiger partial charge on any atom is -0.507 e. The molecular weight excluding hydrogens is 468 g/mol. The number of hydrogen-bond donors (Lipinski definition) is 1. The van der Waals surface area contributed by atoms with E-state index in [2.05, 4.69) is 48.5 Å². The molecule has 0 radical (unpaired) electrons. The average molecular weight is 529 g/mol. The molecule has 0 saturated heterocycles. The molecule has 0 spiro atoms. The number of esters is 1.